The topological polar surface area (TPSA) is 54.5 Å². The van der Waals surface area contributed by atoms with Crippen LogP contribution in [0.5, 0.6) is 0 Å². The molecule has 0 atom stereocenters. The Labute approximate surface area is 136 Å². The zero-order chi connectivity index (χ0) is 16.3. The van der Waals surface area contributed by atoms with Crippen molar-refractivity contribution in [1.82, 2.24) is 4.90 Å². The van der Waals surface area contributed by atoms with E-state index in [-0.39, 0.29) is 30.7 Å². The van der Waals surface area contributed by atoms with Crippen molar-refractivity contribution < 1.29 is 13.2 Å². The first-order chi connectivity index (χ1) is 10.3. The zero-order valence-corrected chi connectivity index (χ0v) is 14.3. The van der Waals surface area contributed by atoms with E-state index >= 15 is 0 Å². The molecule has 1 aliphatic heterocycles. The van der Waals surface area contributed by atoms with Crippen LogP contribution in [0.25, 0.3) is 6.08 Å². The first-order valence-corrected chi connectivity index (χ1v) is 9.32. The van der Waals surface area contributed by atoms with Gasteiger partial charge in [-0.2, -0.15) is 0 Å². The van der Waals surface area contributed by atoms with Crippen molar-refractivity contribution in [1.29, 1.82) is 0 Å². The fraction of sp³-hybridized carbons (Fsp3) is 0.438. The molecule has 0 unspecified atom stereocenters. The molecule has 1 aliphatic rings. The lowest BCUT2D eigenvalue weighted by molar-refractivity contribution is -0.128. The summed E-state index contributed by atoms with van der Waals surface area (Å²) in [6.07, 6.45) is 3.09. The van der Waals surface area contributed by atoms with Gasteiger partial charge in [-0.1, -0.05) is 43.6 Å². The lowest BCUT2D eigenvalue weighted by atomic mass is 10.2. The van der Waals surface area contributed by atoms with Crippen molar-refractivity contribution in [2.75, 3.05) is 18.8 Å². The van der Waals surface area contributed by atoms with Crippen molar-refractivity contribution >= 4 is 33.4 Å². The maximum atomic E-state index is 12.0. The van der Waals surface area contributed by atoms with E-state index in [1.165, 1.54) is 11.0 Å². The van der Waals surface area contributed by atoms with E-state index in [1.54, 1.807) is 12.1 Å². The largest absolute Gasteiger partial charge is 0.336 e. The molecule has 2 rings (SSSR count). The van der Waals surface area contributed by atoms with Crippen molar-refractivity contribution in [2.45, 2.75) is 19.1 Å². The summed E-state index contributed by atoms with van der Waals surface area (Å²) in [6, 6.07) is 7.23. The quantitative estimate of drug-likeness (QED) is 0.774. The number of halogens is 1. The second kappa shape index (κ2) is 6.84. The molecule has 0 aromatic heterocycles. The highest BCUT2D eigenvalue weighted by Crippen LogP contribution is 2.20. The highest BCUT2D eigenvalue weighted by molar-refractivity contribution is 7.92. The van der Waals surface area contributed by atoms with Crippen LogP contribution in [0.3, 0.4) is 0 Å². The van der Waals surface area contributed by atoms with Gasteiger partial charge in [0.25, 0.3) is 0 Å². The lowest BCUT2D eigenvalue weighted by Crippen LogP contribution is -2.57. The van der Waals surface area contributed by atoms with E-state index in [2.05, 4.69) is 0 Å². The van der Waals surface area contributed by atoms with Crippen LogP contribution < -0.4 is 0 Å². The molecule has 1 heterocycles. The molecule has 120 valence electrons. The minimum absolute atomic E-state index is 0.106. The van der Waals surface area contributed by atoms with Gasteiger partial charge in [0, 0.05) is 24.2 Å². The number of likely N-dealkylation sites (tertiary alicyclic amines) is 1. The molecule has 0 saturated carbocycles. The van der Waals surface area contributed by atoms with E-state index in [0.717, 1.165) is 5.56 Å². The molecule has 4 nitrogen and oxygen atoms in total. The molecule has 0 N–H and O–H groups in total. The second-order valence-electron chi connectivity index (χ2n) is 5.94. The van der Waals surface area contributed by atoms with Crippen molar-refractivity contribution in [3.63, 3.8) is 0 Å². The van der Waals surface area contributed by atoms with Gasteiger partial charge in [0.05, 0.1) is 11.0 Å². The van der Waals surface area contributed by atoms with Crippen LogP contribution in [-0.2, 0) is 14.6 Å². The third-order valence-electron chi connectivity index (χ3n) is 3.54. The Morgan fingerprint density at radius 2 is 2.00 bits per heavy atom. The van der Waals surface area contributed by atoms with Gasteiger partial charge in [-0.3, -0.25) is 4.79 Å². The smallest absolute Gasteiger partial charge is 0.246 e. The Morgan fingerprint density at radius 3 is 2.59 bits per heavy atom. The van der Waals surface area contributed by atoms with Gasteiger partial charge >= 0.3 is 0 Å². The Balaban J connectivity index is 1.91. The van der Waals surface area contributed by atoms with Gasteiger partial charge in [0.1, 0.15) is 0 Å². The Morgan fingerprint density at radius 1 is 1.36 bits per heavy atom. The summed E-state index contributed by atoms with van der Waals surface area (Å²) in [5.41, 5.74) is 0.766. The average molecular weight is 342 g/mol. The fourth-order valence-corrected chi connectivity index (χ4v) is 4.54. The highest BCUT2D eigenvalue weighted by atomic mass is 35.5. The number of carbonyl (C=O) groups is 1. The predicted molar refractivity (Wildman–Crippen MR) is 89.5 cm³/mol. The van der Waals surface area contributed by atoms with Crippen molar-refractivity contribution in [2.24, 2.45) is 5.92 Å². The van der Waals surface area contributed by atoms with Crippen LogP contribution in [0.4, 0.5) is 0 Å². The first-order valence-electron chi connectivity index (χ1n) is 7.22. The number of sulfone groups is 1. The number of hydrogen-bond donors (Lipinski definition) is 0. The number of benzene rings is 1. The van der Waals surface area contributed by atoms with Gasteiger partial charge in [-0.25, -0.2) is 8.42 Å². The molecule has 1 fully saturated rings. The number of carbonyl (C=O) groups excluding carboxylic acids is 1. The van der Waals surface area contributed by atoms with E-state index in [1.807, 2.05) is 32.0 Å². The van der Waals surface area contributed by atoms with Crippen LogP contribution in [0.1, 0.15) is 19.4 Å². The van der Waals surface area contributed by atoms with Gasteiger partial charge in [0.2, 0.25) is 5.91 Å². The van der Waals surface area contributed by atoms with E-state index in [0.29, 0.717) is 5.02 Å². The Hall–Kier alpha value is -1.33. The monoisotopic (exact) mass is 341 g/mol. The summed E-state index contributed by atoms with van der Waals surface area (Å²) in [6.45, 7) is 4.32. The summed E-state index contributed by atoms with van der Waals surface area (Å²) in [7, 11) is -3.10. The second-order valence-corrected chi connectivity index (χ2v) is 8.68. The van der Waals surface area contributed by atoms with Crippen LogP contribution >= 0.6 is 11.6 Å². The molecule has 1 amide bonds. The molecule has 6 heteroatoms. The summed E-state index contributed by atoms with van der Waals surface area (Å²) >= 11 is 6.01. The zero-order valence-electron chi connectivity index (χ0n) is 12.7. The number of hydrogen-bond acceptors (Lipinski definition) is 3. The Kier molecular flexibility index (Phi) is 5.29. The molecule has 1 aromatic rings. The lowest BCUT2D eigenvalue weighted by Gasteiger charge is -2.38. The van der Waals surface area contributed by atoms with Gasteiger partial charge in [-0.15, -0.1) is 0 Å². The first kappa shape index (κ1) is 17.0. The maximum absolute atomic E-state index is 12.0. The summed E-state index contributed by atoms with van der Waals surface area (Å²) < 4.78 is 24.1. The van der Waals surface area contributed by atoms with E-state index in [4.69, 9.17) is 11.6 Å². The standard InChI is InChI=1S/C16H20ClNO3S/c1-12(2)11-22(20,21)14-9-18(10-14)16(19)8-7-13-5-3-4-6-15(13)17/h3-8,12,14H,9-11H2,1-2H3. The molecule has 0 bridgehead atoms. The van der Waals surface area contributed by atoms with Crippen LogP contribution in [0.15, 0.2) is 30.3 Å². The minimum atomic E-state index is -3.10. The summed E-state index contributed by atoms with van der Waals surface area (Å²) in [5, 5.41) is 0.153. The molecule has 0 aliphatic carbocycles. The summed E-state index contributed by atoms with van der Waals surface area (Å²) in [4.78, 5) is 13.5. The maximum Gasteiger partial charge on any atom is 0.246 e. The molecular formula is C16H20ClNO3S. The SMILES string of the molecule is CC(C)CS(=O)(=O)C1CN(C(=O)C=Cc2ccccc2Cl)C1. The Bertz CT molecular complexity index is 676. The highest BCUT2D eigenvalue weighted by Gasteiger charge is 2.38. The third kappa shape index (κ3) is 4.11. The third-order valence-corrected chi connectivity index (χ3v) is 6.33. The molecule has 1 aromatic carbocycles. The molecule has 22 heavy (non-hydrogen) atoms. The number of nitrogens with zero attached hydrogens (tertiary/aromatic N) is 1. The molecule has 0 spiro atoms. The number of rotatable bonds is 5. The van der Waals surface area contributed by atoms with Crippen LogP contribution in [-0.4, -0.2) is 43.3 Å². The molecule has 1 saturated heterocycles. The van der Waals surface area contributed by atoms with E-state index in [9.17, 15) is 13.2 Å². The summed E-state index contributed by atoms with van der Waals surface area (Å²) in [5.74, 6) is 0.0978. The van der Waals surface area contributed by atoms with E-state index < -0.39 is 15.1 Å². The van der Waals surface area contributed by atoms with Crippen molar-refractivity contribution in [3.05, 3.63) is 40.9 Å². The van der Waals surface area contributed by atoms with Gasteiger partial charge in [-0.05, 0) is 23.6 Å². The van der Waals surface area contributed by atoms with Gasteiger partial charge < -0.3 is 4.90 Å². The predicted octanol–water partition coefficient (Wildman–Crippen LogP) is 2.63. The van der Waals surface area contributed by atoms with Crippen LogP contribution in [0.2, 0.25) is 5.02 Å². The normalized spacial score (nSPS) is 16.3. The molecule has 0 radical (unpaired) electrons. The van der Waals surface area contributed by atoms with Gasteiger partial charge in [0.15, 0.2) is 9.84 Å². The minimum Gasteiger partial charge on any atom is -0.336 e. The molecular weight excluding hydrogens is 322 g/mol. The van der Waals surface area contributed by atoms with Crippen LogP contribution in [0, 0.1) is 5.92 Å². The fourth-order valence-electron chi connectivity index (χ4n) is 2.32. The van der Waals surface area contributed by atoms with Crippen molar-refractivity contribution in [3.8, 4) is 0 Å². The average Bonchev–Trinajstić information content (AvgIpc) is 2.33. The number of amides is 1.